The predicted molar refractivity (Wildman–Crippen MR) is 133 cm³/mol. The highest BCUT2D eigenvalue weighted by Gasteiger charge is 2.28. The molecule has 0 aliphatic heterocycles. The second kappa shape index (κ2) is 10.5. The van der Waals surface area contributed by atoms with Gasteiger partial charge in [0.1, 0.15) is 11.6 Å². The van der Waals surface area contributed by atoms with Crippen LogP contribution in [-0.4, -0.2) is 45.8 Å². The van der Waals surface area contributed by atoms with E-state index >= 15 is 0 Å². The van der Waals surface area contributed by atoms with Gasteiger partial charge >= 0.3 is 5.97 Å². The smallest absolute Gasteiger partial charge is 0.306 e. The predicted octanol–water partition coefficient (Wildman–Crippen LogP) is 4.15. The van der Waals surface area contributed by atoms with Crippen molar-refractivity contribution in [2.24, 2.45) is 10.9 Å². The summed E-state index contributed by atoms with van der Waals surface area (Å²) in [7, 11) is 0. The molecule has 0 unspecified atom stereocenters. The van der Waals surface area contributed by atoms with Gasteiger partial charge in [-0.05, 0) is 69.9 Å². The molecule has 4 rings (SSSR count). The highest BCUT2D eigenvalue weighted by Crippen LogP contribution is 2.30. The number of pyridine rings is 2. The molecule has 178 valence electrons. The SMILES string of the molecule is C=N/C=C\c1nc(Nc2cc(NC3CC3)c(C(=O)NC3CCC(C(=O)O)CC3)cn2)ccc1C. The first-order chi connectivity index (χ1) is 16.4. The Labute approximate surface area is 198 Å². The Morgan fingerprint density at radius 2 is 1.85 bits per heavy atom. The number of nitrogens with one attached hydrogen (secondary N) is 3. The Morgan fingerprint density at radius 1 is 1.12 bits per heavy atom. The van der Waals surface area contributed by atoms with Crippen molar-refractivity contribution in [2.45, 2.75) is 57.5 Å². The molecule has 4 N–H and O–H groups in total. The van der Waals surface area contributed by atoms with Gasteiger partial charge in [0.25, 0.3) is 5.91 Å². The van der Waals surface area contributed by atoms with Crippen LogP contribution in [0.5, 0.6) is 0 Å². The zero-order valence-electron chi connectivity index (χ0n) is 19.3. The molecule has 0 atom stereocenters. The third-order valence-corrected chi connectivity index (χ3v) is 6.23. The molecule has 34 heavy (non-hydrogen) atoms. The van der Waals surface area contributed by atoms with Gasteiger partial charge in [-0.3, -0.25) is 14.6 Å². The number of aromatic nitrogens is 2. The van der Waals surface area contributed by atoms with E-state index in [2.05, 4.69) is 37.6 Å². The Balaban J connectivity index is 1.48. The molecule has 9 heteroatoms. The van der Waals surface area contributed by atoms with Crippen LogP contribution in [0.1, 0.15) is 60.1 Å². The third-order valence-electron chi connectivity index (χ3n) is 6.23. The molecule has 9 nitrogen and oxygen atoms in total. The van der Waals surface area contributed by atoms with E-state index in [9.17, 15) is 14.7 Å². The van der Waals surface area contributed by atoms with Crippen LogP contribution in [0.3, 0.4) is 0 Å². The number of aliphatic imine (C=N–C) groups is 1. The molecule has 2 heterocycles. The van der Waals surface area contributed by atoms with Crippen molar-refractivity contribution >= 4 is 42.0 Å². The summed E-state index contributed by atoms with van der Waals surface area (Å²) in [5.74, 6) is -0.0524. The van der Waals surface area contributed by atoms with Crippen molar-refractivity contribution in [3.05, 3.63) is 47.4 Å². The summed E-state index contributed by atoms with van der Waals surface area (Å²) in [4.78, 5) is 37.0. The van der Waals surface area contributed by atoms with Gasteiger partial charge in [-0.1, -0.05) is 6.07 Å². The van der Waals surface area contributed by atoms with Gasteiger partial charge in [0.05, 0.1) is 22.9 Å². The maximum atomic E-state index is 13.0. The van der Waals surface area contributed by atoms with E-state index in [0.29, 0.717) is 48.9 Å². The van der Waals surface area contributed by atoms with E-state index in [4.69, 9.17) is 0 Å². The zero-order chi connectivity index (χ0) is 24.1. The average molecular weight is 463 g/mol. The monoisotopic (exact) mass is 462 g/mol. The normalized spacial score (nSPS) is 20.0. The van der Waals surface area contributed by atoms with Crippen LogP contribution in [0, 0.1) is 12.8 Å². The molecule has 2 aliphatic carbocycles. The molecular formula is C25H30N6O3. The van der Waals surface area contributed by atoms with E-state index in [1.54, 1.807) is 18.5 Å². The molecular weight excluding hydrogens is 432 g/mol. The lowest BCUT2D eigenvalue weighted by molar-refractivity contribution is -0.142. The lowest BCUT2D eigenvalue weighted by Crippen LogP contribution is -2.39. The number of rotatable bonds is 9. The number of carboxylic acid groups (broad SMARTS) is 1. The van der Waals surface area contributed by atoms with Gasteiger partial charge in [0, 0.05) is 30.5 Å². The second-order valence-corrected chi connectivity index (χ2v) is 8.92. The molecule has 0 saturated heterocycles. The maximum Gasteiger partial charge on any atom is 0.306 e. The number of nitrogens with zero attached hydrogens (tertiary/aromatic N) is 3. The van der Waals surface area contributed by atoms with Gasteiger partial charge in [-0.25, -0.2) is 9.97 Å². The number of anilines is 3. The number of carbonyl (C=O) groups excluding carboxylic acids is 1. The van der Waals surface area contributed by atoms with Crippen molar-refractivity contribution < 1.29 is 14.7 Å². The largest absolute Gasteiger partial charge is 0.481 e. The highest BCUT2D eigenvalue weighted by molar-refractivity contribution is 6.00. The fourth-order valence-corrected chi connectivity index (χ4v) is 4.06. The molecule has 2 aromatic heterocycles. The van der Waals surface area contributed by atoms with Crippen LogP contribution in [0.2, 0.25) is 0 Å². The van der Waals surface area contributed by atoms with Crippen LogP contribution in [0.15, 0.2) is 35.6 Å². The molecule has 2 fully saturated rings. The van der Waals surface area contributed by atoms with Crippen LogP contribution < -0.4 is 16.0 Å². The summed E-state index contributed by atoms with van der Waals surface area (Å²) in [6, 6.07) is 5.99. The first-order valence-electron chi connectivity index (χ1n) is 11.6. The average Bonchev–Trinajstić information content (AvgIpc) is 3.64. The first kappa shape index (κ1) is 23.4. The number of carboxylic acids is 1. The van der Waals surface area contributed by atoms with Crippen molar-refractivity contribution in [3.8, 4) is 0 Å². The number of aliphatic carboxylic acids is 1. The lowest BCUT2D eigenvalue weighted by Gasteiger charge is -2.27. The van der Waals surface area contributed by atoms with Crippen molar-refractivity contribution in [1.82, 2.24) is 15.3 Å². The molecule has 2 aliphatic rings. The topological polar surface area (TPSA) is 129 Å². The number of aryl methyl sites for hydroxylation is 1. The minimum Gasteiger partial charge on any atom is -0.481 e. The van der Waals surface area contributed by atoms with E-state index in [0.717, 1.165) is 29.8 Å². The summed E-state index contributed by atoms with van der Waals surface area (Å²) in [5, 5.41) is 18.9. The maximum absolute atomic E-state index is 13.0. The lowest BCUT2D eigenvalue weighted by atomic mass is 9.86. The van der Waals surface area contributed by atoms with Crippen LogP contribution >= 0.6 is 0 Å². The van der Waals surface area contributed by atoms with Gasteiger partial charge in [-0.2, -0.15) is 0 Å². The Morgan fingerprint density at radius 3 is 2.53 bits per heavy atom. The molecule has 0 spiro atoms. The summed E-state index contributed by atoms with van der Waals surface area (Å²) in [6.45, 7) is 5.42. The van der Waals surface area contributed by atoms with Crippen LogP contribution in [0.25, 0.3) is 6.08 Å². The first-order valence-corrected chi connectivity index (χ1v) is 11.6. The Hall–Kier alpha value is -3.75. The van der Waals surface area contributed by atoms with Crippen molar-refractivity contribution in [3.63, 3.8) is 0 Å². The fourth-order valence-electron chi connectivity index (χ4n) is 4.06. The third kappa shape index (κ3) is 5.98. The number of hydrogen-bond acceptors (Lipinski definition) is 7. The number of amides is 1. The Bertz CT molecular complexity index is 1100. The molecule has 0 radical (unpaired) electrons. The molecule has 2 saturated carbocycles. The fraction of sp³-hybridized carbons (Fsp3) is 0.400. The van der Waals surface area contributed by atoms with Crippen molar-refractivity contribution in [2.75, 3.05) is 10.6 Å². The second-order valence-electron chi connectivity index (χ2n) is 8.92. The minimum atomic E-state index is -0.753. The standard InChI is InChI=1S/C25H30N6O3/c1-15-3-10-22(30-20(15)11-12-26-2)31-23-13-21(28-17-8-9-17)19(14-27-23)24(32)29-18-6-4-16(5-7-18)25(33)34/h3,10-14,16-18H,2,4-9H2,1H3,(H,29,32)(H,33,34)(H2,27,28,30,31)/b12-11-. The summed E-state index contributed by atoms with van der Waals surface area (Å²) < 4.78 is 0. The van der Waals surface area contributed by atoms with Gasteiger partial charge < -0.3 is 21.1 Å². The number of carbonyl (C=O) groups is 2. The van der Waals surface area contributed by atoms with E-state index in [1.807, 2.05) is 25.1 Å². The van der Waals surface area contributed by atoms with Crippen molar-refractivity contribution in [1.29, 1.82) is 0 Å². The quantitative estimate of drug-likeness (QED) is 0.412. The van der Waals surface area contributed by atoms with Gasteiger partial charge in [0.2, 0.25) is 0 Å². The molecule has 0 bridgehead atoms. The molecule has 0 aromatic carbocycles. The van der Waals surface area contributed by atoms with Crippen LogP contribution in [-0.2, 0) is 4.79 Å². The Kier molecular flexibility index (Phi) is 7.20. The van der Waals surface area contributed by atoms with Gasteiger partial charge in [0.15, 0.2) is 0 Å². The summed E-state index contributed by atoms with van der Waals surface area (Å²) in [6.07, 6.45) is 9.58. The van der Waals surface area contributed by atoms with E-state index in [-0.39, 0.29) is 17.9 Å². The zero-order valence-corrected chi connectivity index (χ0v) is 19.3. The molecule has 2 aromatic rings. The molecule has 1 amide bonds. The highest BCUT2D eigenvalue weighted by atomic mass is 16.4. The van der Waals surface area contributed by atoms with Crippen LogP contribution in [0.4, 0.5) is 17.3 Å². The van der Waals surface area contributed by atoms with E-state index in [1.165, 1.54) is 0 Å². The van der Waals surface area contributed by atoms with E-state index < -0.39 is 5.97 Å². The number of hydrogen-bond donors (Lipinski definition) is 4. The summed E-state index contributed by atoms with van der Waals surface area (Å²) in [5.41, 5.74) is 3.00. The summed E-state index contributed by atoms with van der Waals surface area (Å²) >= 11 is 0. The minimum absolute atomic E-state index is 0.0250. The van der Waals surface area contributed by atoms with Gasteiger partial charge in [-0.15, -0.1) is 0 Å².